The number of hydrogen-bond donors (Lipinski definition) is 1. The van der Waals surface area contributed by atoms with Gasteiger partial charge in [-0.25, -0.2) is 14.5 Å². The molecule has 0 saturated heterocycles. The highest BCUT2D eigenvalue weighted by Gasteiger charge is 2.19. The zero-order chi connectivity index (χ0) is 24.7. The highest BCUT2D eigenvalue weighted by atomic mass is 16.4. The molecule has 1 N–H and O–H groups in total. The smallest absolute Gasteiger partial charge is 0.339 e. The highest BCUT2D eigenvalue weighted by Crippen LogP contribution is 2.34. The molecule has 0 unspecified atom stereocenters. The number of aromatic nitrogens is 3. The summed E-state index contributed by atoms with van der Waals surface area (Å²) in [5.74, 6) is 0.683. The first-order valence-corrected chi connectivity index (χ1v) is 11.5. The van der Waals surface area contributed by atoms with Gasteiger partial charge in [0.1, 0.15) is 29.6 Å². The van der Waals surface area contributed by atoms with Crippen LogP contribution in [0.4, 0.5) is 5.69 Å². The van der Waals surface area contributed by atoms with Crippen molar-refractivity contribution in [2.24, 2.45) is 0 Å². The minimum Gasteiger partial charge on any atom is -0.461 e. The van der Waals surface area contributed by atoms with E-state index < -0.39 is 5.63 Å². The Hall–Kier alpha value is -4.20. The molecule has 5 aromatic rings. The predicted molar refractivity (Wildman–Crippen MR) is 134 cm³/mol. The van der Waals surface area contributed by atoms with Crippen LogP contribution in [0.3, 0.4) is 0 Å². The Morgan fingerprint density at radius 1 is 0.971 bits per heavy atom. The lowest BCUT2D eigenvalue weighted by atomic mass is 9.98. The SMILES string of the molecule is Cc1oc2c(C)c3oc(=O)c(CCC(=O)Nc4ccc(Cn5cncn5)cc4)c(C)c3cc2c1C. The van der Waals surface area contributed by atoms with Crippen molar-refractivity contribution in [3.8, 4) is 0 Å². The fourth-order valence-electron chi connectivity index (χ4n) is 4.44. The van der Waals surface area contributed by atoms with Crippen molar-refractivity contribution in [1.29, 1.82) is 0 Å². The average Bonchev–Trinajstić information content (AvgIpc) is 3.44. The normalized spacial score (nSPS) is 11.4. The minimum absolute atomic E-state index is 0.166. The van der Waals surface area contributed by atoms with Gasteiger partial charge in [-0.05, 0) is 69.0 Å². The van der Waals surface area contributed by atoms with Crippen LogP contribution in [0.15, 0.2) is 56.6 Å². The molecule has 0 aliphatic heterocycles. The molecule has 3 aromatic heterocycles. The Labute approximate surface area is 201 Å². The number of hydrogen-bond acceptors (Lipinski definition) is 6. The lowest BCUT2D eigenvalue weighted by Crippen LogP contribution is -2.16. The number of fused-ring (bicyclic) bond motifs is 2. The zero-order valence-corrected chi connectivity index (χ0v) is 20.1. The molecule has 2 aromatic carbocycles. The van der Waals surface area contributed by atoms with Gasteiger partial charge < -0.3 is 14.2 Å². The van der Waals surface area contributed by atoms with Crippen molar-refractivity contribution in [1.82, 2.24) is 14.8 Å². The second-order valence-electron chi connectivity index (χ2n) is 8.87. The van der Waals surface area contributed by atoms with Gasteiger partial charge in [0.2, 0.25) is 5.91 Å². The molecule has 5 rings (SSSR count). The van der Waals surface area contributed by atoms with Crippen molar-refractivity contribution in [2.75, 3.05) is 5.32 Å². The van der Waals surface area contributed by atoms with Crippen LogP contribution in [0.2, 0.25) is 0 Å². The summed E-state index contributed by atoms with van der Waals surface area (Å²) in [5.41, 5.74) is 5.85. The zero-order valence-electron chi connectivity index (χ0n) is 20.1. The van der Waals surface area contributed by atoms with E-state index in [-0.39, 0.29) is 12.3 Å². The number of carbonyl (C=O) groups is 1. The Kier molecular flexibility index (Phi) is 5.72. The summed E-state index contributed by atoms with van der Waals surface area (Å²) in [6.45, 7) is 8.37. The van der Waals surface area contributed by atoms with Crippen molar-refractivity contribution in [3.63, 3.8) is 0 Å². The van der Waals surface area contributed by atoms with Gasteiger partial charge in [0, 0.05) is 34.0 Å². The van der Waals surface area contributed by atoms with E-state index in [1.807, 2.05) is 58.0 Å². The Morgan fingerprint density at radius 3 is 2.40 bits per heavy atom. The van der Waals surface area contributed by atoms with Gasteiger partial charge in [-0.15, -0.1) is 0 Å². The number of nitrogens with zero attached hydrogens (tertiary/aromatic N) is 3. The maximum absolute atomic E-state index is 12.8. The number of furan rings is 1. The lowest BCUT2D eigenvalue weighted by molar-refractivity contribution is -0.116. The average molecular weight is 471 g/mol. The molecule has 8 heteroatoms. The van der Waals surface area contributed by atoms with Gasteiger partial charge in [0.15, 0.2) is 0 Å². The molecular weight excluding hydrogens is 444 g/mol. The fourth-order valence-corrected chi connectivity index (χ4v) is 4.44. The van der Waals surface area contributed by atoms with Crippen LogP contribution in [-0.2, 0) is 17.8 Å². The minimum atomic E-state index is -0.414. The summed E-state index contributed by atoms with van der Waals surface area (Å²) in [6, 6.07) is 9.59. The van der Waals surface area contributed by atoms with Gasteiger partial charge >= 0.3 is 5.63 Å². The van der Waals surface area contributed by atoms with E-state index in [0.29, 0.717) is 29.8 Å². The first kappa shape index (κ1) is 22.6. The number of amides is 1. The number of benzene rings is 2. The van der Waals surface area contributed by atoms with E-state index in [1.165, 1.54) is 6.33 Å². The molecular formula is C27H26N4O4. The molecule has 0 saturated carbocycles. The molecule has 8 nitrogen and oxygen atoms in total. The molecule has 0 atom stereocenters. The van der Waals surface area contributed by atoms with Gasteiger partial charge in [-0.3, -0.25) is 4.79 Å². The Balaban J connectivity index is 1.33. The number of aryl methyl sites for hydroxylation is 4. The monoisotopic (exact) mass is 470 g/mol. The molecule has 0 aliphatic rings. The summed E-state index contributed by atoms with van der Waals surface area (Å²) in [6.07, 6.45) is 3.61. The van der Waals surface area contributed by atoms with Crippen LogP contribution in [0.5, 0.6) is 0 Å². The molecule has 1 amide bonds. The number of nitrogens with one attached hydrogen (secondary N) is 1. The van der Waals surface area contributed by atoms with Crippen molar-refractivity contribution < 1.29 is 13.6 Å². The Morgan fingerprint density at radius 2 is 1.69 bits per heavy atom. The third kappa shape index (κ3) is 4.23. The van der Waals surface area contributed by atoms with Gasteiger partial charge in [0.25, 0.3) is 0 Å². The van der Waals surface area contributed by atoms with Crippen LogP contribution in [0.1, 0.15) is 40.0 Å². The topological polar surface area (TPSA) is 103 Å². The predicted octanol–water partition coefficient (Wildman–Crippen LogP) is 4.98. The van der Waals surface area contributed by atoms with Crippen molar-refractivity contribution in [3.05, 3.63) is 87.0 Å². The molecule has 0 bridgehead atoms. The lowest BCUT2D eigenvalue weighted by Gasteiger charge is -2.10. The van der Waals surface area contributed by atoms with Crippen LogP contribution >= 0.6 is 0 Å². The Bertz CT molecular complexity index is 1610. The van der Waals surface area contributed by atoms with Crippen LogP contribution in [0, 0.1) is 27.7 Å². The van der Waals surface area contributed by atoms with Crippen LogP contribution in [0.25, 0.3) is 21.9 Å². The maximum Gasteiger partial charge on any atom is 0.339 e. The van der Waals surface area contributed by atoms with Crippen molar-refractivity contribution >= 4 is 33.5 Å². The highest BCUT2D eigenvalue weighted by molar-refractivity contribution is 6.00. The standard InChI is InChI=1S/C27H26N4O4/c1-15-18(4)34-25-17(3)26-23(11-22(15)25)16(2)21(27(33)35-26)9-10-24(32)30-20-7-5-19(6-8-20)12-31-14-28-13-29-31/h5-8,11,13-14H,9-10,12H2,1-4H3,(H,30,32). The van der Waals surface area contributed by atoms with Crippen LogP contribution < -0.4 is 10.9 Å². The third-order valence-corrected chi connectivity index (χ3v) is 6.60. The summed E-state index contributed by atoms with van der Waals surface area (Å²) in [5, 5.41) is 8.88. The van der Waals surface area contributed by atoms with E-state index >= 15 is 0 Å². The number of rotatable bonds is 6. The van der Waals surface area contributed by atoms with E-state index in [0.717, 1.165) is 44.4 Å². The maximum atomic E-state index is 12.8. The van der Waals surface area contributed by atoms with E-state index in [1.54, 1.807) is 11.0 Å². The first-order chi connectivity index (χ1) is 16.8. The molecule has 35 heavy (non-hydrogen) atoms. The van der Waals surface area contributed by atoms with Crippen LogP contribution in [-0.4, -0.2) is 20.7 Å². The van der Waals surface area contributed by atoms with Gasteiger partial charge in [-0.1, -0.05) is 12.1 Å². The molecule has 0 spiro atoms. The van der Waals surface area contributed by atoms with Gasteiger partial charge in [-0.2, -0.15) is 5.10 Å². The first-order valence-electron chi connectivity index (χ1n) is 11.5. The summed E-state index contributed by atoms with van der Waals surface area (Å²) in [4.78, 5) is 29.4. The van der Waals surface area contributed by atoms with E-state index in [9.17, 15) is 9.59 Å². The van der Waals surface area contributed by atoms with Gasteiger partial charge in [0.05, 0.1) is 6.54 Å². The molecule has 0 fully saturated rings. The van der Waals surface area contributed by atoms with Crippen molar-refractivity contribution in [2.45, 2.75) is 47.1 Å². The largest absolute Gasteiger partial charge is 0.461 e. The summed E-state index contributed by atoms with van der Waals surface area (Å²) in [7, 11) is 0. The number of carbonyl (C=O) groups excluding carboxylic acids is 1. The molecule has 0 aliphatic carbocycles. The third-order valence-electron chi connectivity index (χ3n) is 6.60. The van der Waals surface area contributed by atoms with E-state index in [2.05, 4.69) is 15.4 Å². The molecule has 0 radical (unpaired) electrons. The van der Waals surface area contributed by atoms with E-state index in [4.69, 9.17) is 8.83 Å². The fraction of sp³-hybridized carbons (Fsp3) is 0.259. The summed E-state index contributed by atoms with van der Waals surface area (Å²) >= 11 is 0. The molecule has 178 valence electrons. The second kappa shape index (κ2) is 8.87. The summed E-state index contributed by atoms with van der Waals surface area (Å²) < 4.78 is 13.3. The second-order valence-corrected chi connectivity index (χ2v) is 8.87. The molecule has 3 heterocycles. The number of anilines is 1. The quantitative estimate of drug-likeness (QED) is 0.351.